The van der Waals surface area contributed by atoms with E-state index in [9.17, 15) is 0 Å². The van der Waals surface area contributed by atoms with Crippen LogP contribution in [0.25, 0.3) is 22.0 Å². The van der Waals surface area contributed by atoms with E-state index in [2.05, 4.69) is 17.1 Å². The van der Waals surface area contributed by atoms with Crippen molar-refractivity contribution in [2.75, 3.05) is 0 Å². The van der Waals surface area contributed by atoms with Gasteiger partial charge in [0, 0.05) is 17.1 Å². The minimum absolute atomic E-state index is 0.653. The average molecular weight is 230 g/mol. The Kier molecular flexibility index (Phi) is 2.51. The Labute approximate surface area is 105 Å². The first-order chi connectivity index (χ1) is 8.88. The lowest BCUT2D eigenvalue weighted by Crippen LogP contribution is -1.87. The third kappa shape index (κ3) is 1.72. The van der Waals surface area contributed by atoms with Crippen molar-refractivity contribution < 1.29 is 0 Å². The lowest BCUT2D eigenvalue weighted by Gasteiger charge is -2.04. The van der Waals surface area contributed by atoms with Gasteiger partial charge in [0.05, 0.1) is 17.3 Å². The highest BCUT2D eigenvalue weighted by Gasteiger charge is 2.05. The minimum Gasteiger partial charge on any atom is -0.256 e. The van der Waals surface area contributed by atoms with Crippen molar-refractivity contribution in [2.45, 2.75) is 0 Å². The lowest BCUT2D eigenvalue weighted by atomic mass is 10.0. The van der Waals surface area contributed by atoms with Gasteiger partial charge in [-0.05, 0) is 17.5 Å². The largest absolute Gasteiger partial charge is 0.256 e. The molecule has 3 aromatic rings. The van der Waals surface area contributed by atoms with Crippen molar-refractivity contribution in [3.63, 3.8) is 0 Å². The number of hydrogen-bond donors (Lipinski definition) is 0. The zero-order valence-electron chi connectivity index (χ0n) is 9.67. The van der Waals surface area contributed by atoms with E-state index in [-0.39, 0.29) is 0 Å². The Morgan fingerprint density at radius 2 is 1.61 bits per heavy atom. The predicted octanol–water partition coefficient (Wildman–Crippen LogP) is 3.77. The van der Waals surface area contributed by atoms with E-state index in [1.807, 2.05) is 54.7 Å². The molecular weight excluding hydrogens is 220 g/mol. The number of nitriles is 1. The Morgan fingerprint density at radius 1 is 0.889 bits per heavy atom. The third-order valence-corrected chi connectivity index (χ3v) is 2.95. The molecule has 18 heavy (non-hydrogen) atoms. The topological polar surface area (TPSA) is 36.7 Å². The Bertz CT molecular complexity index is 754. The fourth-order valence-electron chi connectivity index (χ4n) is 2.03. The molecule has 2 nitrogen and oxygen atoms in total. The molecule has 0 radical (unpaired) electrons. The molecule has 0 aliphatic heterocycles. The second kappa shape index (κ2) is 4.31. The van der Waals surface area contributed by atoms with Gasteiger partial charge in [-0.1, -0.05) is 42.5 Å². The summed E-state index contributed by atoms with van der Waals surface area (Å²) in [5, 5.41) is 11.4. The van der Waals surface area contributed by atoms with Gasteiger partial charge in [-0.15, -0.1) is 0 Å². The van der Waals surface area contributed by atoms with E-state index < -0.39 is 0 Å². The summed E-state index contributed by atoms with van der Waals surface area (Å²) in [5.74, 6) is 0. The number of pyridine rings is 1. The van der Waals surface area contributed by atoms with Crippen LogP contribution in [0.2, 0.25) is 0 Å². The molecular formula is C16H10N2. The van der Waals surface area contributed by atoms with Crippen LogP contribution >= 0.6 is 0 Å². The molecule has 2 aromatic carbocycles. The van der Waals surface area contributed by atoms with Crippen LogP contribution in [0.15, 0.2) is 60.8 Å². The molecule has 0 amide bonds. The SMILES string of the molecule is N#Cc1ccccc1-c1cc2ccccc2cn1. The molecule has 2 heteroatoms. The summed E-state index contributed by atoms with van der Waals surface area (Å²) >= 11 is 0. The van der Waals surface area contributed by atoms with Gasteiger partial charge in [0.1, 0.15) is 0 Å². The van der Waals surface area contributed by atoms with E-state index in [1.165, 1.54) is 0 Å². The van der Waals surface area contributed by atoms with Gasteiger partial charge in [0.2, 0.25) is 0 Å². The summed E-state index contributed by atoms with van der Waals surface area (Å²) in [4.78, 5) is 4.43. The first-order valence-electron chi connectivity index (χ1n) is 5.73. The molecule has 1 aromatic heterocycles. The minimum atomic E-state index is 0.653. The zero-order chi connectivity index (χ0) is 12.4. The van der Waals surface area contributed by atoms with Crippen molar-refractivity contribution >= 4 is 10.8 Å². The van der Waals surface area contributed by atoms with E-state index in [4.69, 9.17) is 5.26 Å². The first kappa shape index (κ1) is 10.5. The Balaban J connectivity index is 2.23. The summed E-state index contributed by atoms with van der Waals surface area (Å²) in [7, 11) is 0. The molecule has 0 spiro atoms. The van der Waals surface area contributed by atoms with Crippen LogP contribution in [0, 0.1) is 11.3 Å². The average Bonchev–Trinajstić information content (AvgIpc) is 2.46. The van der Waals surface area contributed by atoms with Crippen molar-refractivity contribution in [1.29, 1.82) is 5.26 Å². The monoisotopic (exact) mass is 230 g/mol. The van der Waals surface area contributed by atoms with Crippen LogP contribution in [0.3, 0.4) is 0 Å². The number of aromatic nitrogens is 1. The standard InChI is InChI=1S/C16H10N2/c17-10-13-6-3-4-8-15(13)16-9-12-5-1-2-7-14(12)11-18-16/h1-9,11H. The Morgan fingerprint density at radius 3 is 2.44 bits per heavy atom. The second-order valence-corrected chi connectivity index (χ2v) is 4.07. The van der Waals surface area contributed by atoms with Gasteiger partial charge in [-0.2, -0.15) is 5.26 Å². The van der Waals surface area contributed by atoms with Gasteiger partial charge in [0.15, 0.2) is 0 Å². The highest BCUT2D eigenvalue weighted by Crippen LogP contribution is 2.24. The van der Waals surface area contributed by atoms with Crippen molar-refractivity contribution in [2.24, 2.45) is 0 Å². The zero-order valence-corrected chi connectivity index (χ0v) is 9.67. The van der Waals surface area contributed by atoms with Crippen LogP contribution in [0.5, 0.6) is 0 Å². The molecule has 0 atom stereocenters. The molecule has 0 aliphatic rings. The molecule has 0 aliphatic carbocycles. The number of nitrogens with zero attached hydrogens (tertiary/aromatic N) is 2. The Hall–Kier alpha value is -2.66. The van der Waals surface area contributed by atoms with E-state index >= 15 is 0 Å². The number of benzene rings is 2. The number of fused-ring (bicyclic) bond motifs is 1. The smallest absolute Gasteiger partial charge is 0.0998 e. The predicted molar refractivity (Wildman–Crippen MR) is 71.9 cm³/mol. The summed E-state index contributed by atoms with van der Waals surface area (Å²) in [5.41, 5.74) is 2.37. The normalized spacial score (nSPS) is 10.2. The maximum Gasteiger partial charge on any atom is 0.0998 e. The summed E-state index contributed by atoms with van der Waals surface area (Å²) in [6.45, 7) is 0. The summed E-state index contributed by atoms with van der Waals surface area (Å²) in [6, 6.07) is 19.8. The van der Waals surface area contributed by atoms with Gasteiger partial charge >= 0.3 is 0 Å². The highest BCUT2D eigenvalue weighted by atomic mass is 14.7. The molecule has 84 valence electrons. The van der Waals surface area contributed by atoms with Gasteiger partial charge in [0.25, 0.3) is 0 Å². The molecule has 0 fully saturated rings. The summed E-state index contributed by atoms with van der Waals surface area (Å²) in [6.07, 6.45) is 1.85. The van der Waals surface area contributed by atoms with Gasteiger partial charge in [-0.25, -0.2) is 0 Å². The van der Waals surface area contributed by atoms with Crippen molar-refractivity contribution in [3.05, 3.63) is 66.4 Å². The van der Waals surface area contributed by atoms with E-state index in [0.29, 0.717) is 5.56 Å². The van der Waals surface area contributed by atoms with Crippen LogP contribution in [0.1, 0.15) is 5.56 Å². The molecule has 0 saturated carbocycles. The van der Waals surface area contributed by atoms with E-state index in [1.54, 1.807) is 0 Å². The van der Waals surface area contributed by atoms with Crippen LogP contribution in [-0.4, -0.2) is 4.98 Å². The number of rotatable bonds is 1. The maximum absolute atomic E-state index is 9.12. The quantitative estimate of drug-likeness (QED) is 0.638. The molecule has 3 rings (SSSR count). The van der Waals surface area contributed by atoms with Crippen molar-refractivity contribution in [3.8, 4) is 17.3 Å². The molecule has 0 unspecified atom stereocenters. The van der Waals surface area contributed by atoms with Crippen molar-refractivity contribution in [1.82, 2.24) is 4.98 Å². The molecule has 0 bridgehead atoms. The first-order valence-corrected chi connectivity index (χ1v) is 5.73. The molecule has 1 heterocycles. The van der Waals surface area contributed by atoms with Gasteiger partial charge in [-0.3, -0.25) is 4.98 Å². The van der Waals surface area contributed by atoms with E-state index in [0.717, 1.165) is 22.0 Å². The number of hydrogen-bond acceptors (Lipinski definition) is 2. The molecule has 0 saturated heterocycles. The van der Waals surface area contributed by atoms with Crippen LogP contribution < -0.4 is 0 Å². The lowest BCUT2D eigenvalue weighted by molar-refractivity contribution is 1.35. The summed E-state index contributed by atoms with van der Waals surface area (Å²) < 4.78 is 0. The van der Waals surface area contributed by atoms with Gasteiger partial charge < -0.3 is 0 Å². The fourth-order valence-corrected chi connectivity index (χ4v) is 2.03. The van der Waals surface area contributed by atoms with Crippen LogP contribution in [-0.2, 0) is 0 Å². The fraction of sp³-hybridized carbons (Fsp3) is 0. The highest BCUT2D eigenvalue weighted by molar-refractivity contribution is 5.85. The second-order valence-electron chi connectivity index (χ2n) is 4.07. The molecule has 0 N–H and O–H groups in total. The third-order valence-electron chi connectivity index (χ3n) is 2.95. The van der Waals surface area contributed by atoms with Crippen LogP contribution in [0.4, 0.5) is 0 Å². The maximum atomic E-state index is 9.12.